The molecule has 0 bridgehead atoms. The zero-order valence-corrected chi connectivity index (χ0v) is 18.9. The third-order valence-electron chi connectivity index (χ3n) is 6.63. The molecule has 0 unspecified atom stereocenters. The van der Waals surface area contributed by atoms with E-state index < -0.39 is 0 Å². The summed E-state index contributed by atoms with van der Waals surface area (Å²) in [4.78, 5) is 35.2. The number of amides is 1. The van der Waals surface area contributed by atoms with Crippen LogP contribution in [0.2, 0.25) is 0 Å². The molecule has 33 heavy (non-hydrogen) atoms. The van der Waals surface area contributed by atoms with Crippen molar-refractivity contribution in [3.05, 3.63) is 76.5 Å². The molecule has 4 heterocycles. The summed E-state index contributed by atoms with van der Waals surface area (Å²) in [6.07, 6.45) is 6.13. The molecule has 1 saturated heterocycles. The number of benzene rings is 1. The van der Waals surface area contributed by atoms with Crippen molar-refractivity contribution in [2.75, 3.05) is 38.2 Å². The molecule has 1 aromatic carbocycles. The summed E-state index contributed by atoms with van der Waals surface area (Å²) in [6, 6.07) is 13.4. The molecule has 7 nitrogen and oxygen atoms in total. The predicted molar refractivity (Wildman–Crippen MR) is 128 cm³/mol. The number of piperazine rings is 1. The van der Waals surface area contributed by atoms with Crippen LogP contribution in [0.25, 0.3) is 11.1 Å². The molecule has 0 atom stereocenters. The van der Waals surface area contributed by atoms with Gasteiger partial charge in [0.1, 0.15) is 5.75 Å². The van der Waals surface area contributed by atoms with Crippen molar-refractivity contribution < 1.29 is 9.53 Å². The minimum atomic E-state index is -0.0389. The fraction of sp³-hybridized carbons (Fsp3) is 0.346. The maximum Gasteiger partial charge on any atom is 0.256 e. The summed E-state index contributed by atoms with van der Waals surface area (Å²) >= 11 is 0. The molecular weight excluding hydrogens is 416 g/mol. The molecule has 0 saturated carbocycles. The van der Waals surface area contributed by atoms with Crippen LogP contribution in [-0.2, 0) is 13.0 Å². The van der Waals surface area contributed by atoms with Gasteiger partial charge in [0.05, 0.1) is 12.7 Å². The van der Waals surface area contributed by atoms with E-state index in [0.29, 0.717) is 30.8 Å². The Kier molecular flexibility index (Phi) is 5.86. The Bertz CT molecular complexity index is 1210. The van der Waals surface area contributed by atoms with Gasteiger partial charge in [0.2, 0.25) is 0 Å². The molecule has 2 aliphatic rings. The molecular formula is C26H28N4O3. The standard InChI is InChI=1S/C26H28N4O3/c1-33-21-8-4-7-20(16-21)28-12-14-29(15-13-28)26(32)25-22(19-6-5-10-27-18-19)17-24(31)30-11-3-2-9-23(25)30/h4-8,10,16-18H,2-3,9,11-15H2,1H3. The summed E-state index contributed by atoms with van der Waals surface area (Å²) in [5.41, 5.74) is 4.09. The maximum absolute atomic E-state index is 13.9. The lowest BCUT2D eigenvalue weighted by Crippen LogP contribution is -2.49. The summed E-state index contributed by atoms with van der Waals surface area (Å²) in [7, 11) is 1.67. The molecule has 0 aliphatic carbocycles. The Hall–Kier alpha value is -3.61. The van der Waals surface area contributed by atoms with Crippen molar-refractivity contribution in [2.24, 2.45) is 0 Å². The highest BCUT2D eigenvalue weighted by Crippen LogP contribution is 2.29. The number of aromatic nitrogens is 2. The fourth-order valence-electron chi connectivity index (χ4n) is 4.89. The number of fused-ring (bicyclic) bond motifs is 1. The molecule has 0 radical (unpaired) electrons. The highest BCUT2D eigenvalue weighted by atomic mass is 16.5. The Labute approximate surface area is 193 Å². The number of hydrogen-bond donors (Lipinski definition) is 0. The lowest BCUT2D eigenvalue weighted by atomic mass is 9.94. The van der Waals surface area contributed by atoms with Gasteiger partial charge in [0.15, 0.2) is 0 Å². The van der Waals surface area contributed by atoms with Gasteiger partial charge < -0.3 is 19.1 Å². The van der Waals surface area contributed by atoms with Crippen LogP contribution in [0.15, 0.2) is 59.7 Å². The number of nitrogens with zero attached hydrogens (tertiary/aromatic N) is 4. The minimum absolute atomic E-state index is 0.00444. The number of hydrogen-bond acceptors (Lipinski definition) is 5. The van der Waals surface area contributed by atoms with E-state index in [1.807, 2.05) is 35.2 Å². The van der Waals surface area contributed by atoms with Crippen molar-refractivity contribution in [1.82, 2.24) is 14.5 Å². The number of methoxy groups -OCH3 is 1. The summed E-state index contributed by atoms with van der Waals surface area (Å²) in [6.45, 7) is 3.42. The van der Waals surface area contributed by atoms with Crippen molar-refractivity contribution in [2.45, 2.75) is 25.8 Å². The minimum Gasteiger partial charge on any atom is -0.497 e. The highest BCUT2D eigenvalue weighted by molar-refractivity contribution is 6.02. The number of ether oxygens (including phenoxy) is 1. The number of rotatable bonds is 4. The second kappa shape index (κ2) is 9.10. The van der Waals surface area contributed by atoms with Crippen LogP contribution in [0, 0.1) is 0 Å². The molecule has 1 fully saturated rings. The van der Waals surface area contributed by atoms with Crippen LogP contribution in [0.1, 0.15) is 28.9 Å². The first kappa shape index (κ1) is 21.2. The van der Waals surface area contributed by atoms with Crippen molar-refractivity contribution in [1.29, 1.82) is 0 Å². The lowest BCUT2D eigenvalue weighted by Gasteiger charge is -2.37. The number of carbonyl (C=O) groups is 1. The van der Waals surface area contributed by atoms with Gasteiger partial charge in [-0.25, -0.2) is 0 Å². The molecule has 0 N–H and O–H groups in total. The van der Waals surface area contributed by atoms with E-state index in [-0.39, 0.29) is 11.5 Å². The quantitative estimate of drug-likeness (QED) is 0.618. The molecule has 2 aromatic heterocycles. The van der Waals surface area contributed by atoms with E-state index in [1.54, 1.807) is 30.1 Å². The average Bonchev–Trinajstić information content (AvgIpc) is 2.89. The average molecular weight is 445 g/mol. The van der Waals surface area contributed by atoms with E-state index in [9.17, 15) is 9.59 Å². The highest BCUT2D eigenvalue weighted by Gasteiger charge is 2.29. The molecule has 170 valence electrons. The summed E-state index contributed by atoms with van der Waals surface area (Å²) in [5.74, 6) is 0.832. The lowest BCUT2D eigenvalue weighted by molar-refractivity contribution is 0.0744. The number of pyridine rings is 2. The molecule has 2 aliphatic heterocycles. The molecule has 1 amide bonds. The molecule has 5 rings (SSSR count). The van der Waals surface area contributed by atoms with Gasteiger partial charge in [-0.15, -0.1) is 0 Å². The Balaban J connectivity index is 1.46. The van der Waals surface area contributed by atoms with E-state index in [0.717, 1.165) is 55.0 Å². The van der Waals surface area contributed by atoms with Crippen molar-refractivity contribution in [3.63, 3.8) is 0 Å². The first-order valence-electron chi connectivity index (χ1n) is 11.5. The van der Waals surface area contributed by atoms with Gasteiger partial charge in [0.25, 0.3) is 11.5 Å². The third kappa shape index (κ3) is 4.11. The van der Waals surface area contributed by atoms with Gasteiger partial charge >= 0.3 is 0 Å². The third-order valence-corrected chi connectivity index (χ3v) is 6.63. The van der Waals surface area contributed by atoms with Crippen molar-refractivity contribution in [3.8, 4) is 16.9 Å². The molecule has 3 aromatic rings. The number of anilines is 1. The van der Waals surface area contributed by atoms with Crippen LogP contribution < -0.4 is 15.2 Å². The predicted octanol–water partition coefficient (Wildman–Crippen LogP) is 3.22. The van der Waals surface area contributed by atoms with Gasteiger partial charge in [-0.05, 0) is 37.5 Å². The SMILES string of the molecule is COc1cccc(N2CCN(C(=O)c3c(-c4cccnc4)cc(=O)n4c3CCCC4)CC2)c1. The van der Waals surface area contributed by atoms with Crippen LogP contribution in [-0.4, -0.2) is 53.6 Å². The second-order valence-corrected chi connectivity index (χ2v) is 8.55. The Morgan fingerprint density at radius 3 is 2.61 bits per heavy atom. The first-order valence-corrected chi connectivity index (χ1v) is 11.5. The van der Waals surface area contributed by atoms with E-state index in [4.69, 9.17) is 4.74 Å². The van der Waals surface area contributed by atoms with E-state index >= 15 is 0 Å². The van der Waals surface area contributed by atoms with E-state index in [1.165, 1.54) is 0 Å². The Morgan fingerprint density at radius 1 is 1.00 bits per heavy atom. The van der Waals surface area contributed by atoms with Gasteiger partial charge in [-0.2, -0.15) is 0 Å². The second-order valence-electron chi connectivity index (χ2n) is 8.55. The topological polar surface area (TPSA) is 67.7 Å². The monoisotopic (exact) mass is 444 g/mol. The smallest absolute Gasteiger partial charge is 0.256 e. The van der Waals surface area contributed by atoms with Crippen LogP contribution in [0.5, 0.6) is 5.75 Å². The normalized spacial score (nSPS) is 15.8. The fourth-order valence-corrected chi connectivity index (χ4v) is 4.89. The van der Waals surface area contributed by atoms with Gasteiger partial charge in [-0.1, -0.05) is 12.1 Å². The zero-order valence-electron chi connectivity index (χ0n) is 18.9. The van der Waals surface area contributed by atoms with Crippen molar-refractivity contribution >= 4 is 11.6 Å². The Morgan fingerprint density at radius 2 is 1.85 bits per heavy atom. The first-order chi connectivity index (χ1) is 16.2. The van der Waals surface area contributed by atoms with E-state index in [2.05, 4.69) is 16.0 Å². The maximum atomic E-state index is 13.9. The zero-order chi connectivity index (χ0) is 22.8. The summed E-state index contributed by atoms with van der Waals surface area (Å²) < 4.78 is 7.15. The molecule has 0 spiro atoms. The summed E-state index contributed by atoms with van der Waals surface area (Å²) in [5, 5.41) is 0. The van der Waals surface area contributed by atoms with Gasteiger partial charge in [0, 0.05) is 79.8 Å². The number of carbonyl (C=O) groups excluding carboxylic acids is 1. The van der Waals surface area contributed by atoms with Gasteiger partial charge in [-0.3, -0.25) is 14.6 Å². The largest absolute Gasteiger partial charge is 0.497 e. The van der Waals surface area contributed by atoms with Crippen LogP contribution in [0.3, 0.4) is 0 Å². The molecule has 7 heteroatoms. The van der Waals surface area contributed by atoms with Crippen LogP contribution >= 0.6 is 0 Å². The van der Waals surface area contributed by atoms with Crippen LogP contribution in [0.4, 0.5) is 5.69 Å².